The van der Waals surface area contributed by atoms with Crippen LogP contribution in [-0.4, -0.2) is 24.0 Å². The van der Waals surface area contributed by atoms with Crippen LogP contribution in [0.2, 0.25) is 0 Å². The largest absolute Gasteiger partial charge is 0.465 e. The first kappa shape index (κ1) is 17.2. The topological polar surface area (TPSA) is 80.3 Å². The minimum atomic E-state index is -0.402. The number of hydrogen-bond acceptors (Lipinski definition) is 5. The van der Waals surface area contributed by atoms with Crippen LogP contribution in [0.25, 0.3) is 0 Å². The van der Waals surface area contributed by atoms with E-state index in [0.29, 0.717) is 28.3 Å². The zero-order chi connectivity index (χ0) is 18.4. The Morgan fingerprint density at radius 1 is 0.885 bits per heavy atom. The van der Waals surface area contributed by atoms with Crippen molar-refractivity contribution in [1.29, 1.82) is 0 Å². The van der Waals surface area contributed by atoms with E-state index < -0.39 is 5.97 Å². The summed E-state index contributed by atoms with van der Waals surface area (Å²) in [6.07, 6.45) is 1.56. The second-order valence-corrected chi connectivity index (χ2v) is 5.45. The van der Waals surface area contributed by atoms with Crippen LogP contribution in [0.4, 0.5) is 17.2 Å². The Hall–Kier alpha value is -3.67. The fourth-order valence-corrected chi connectivity index (χ4v) is 2.32. The summed E-state index contributed by atoms with van der Waals surface area (Å²) in [5.41, 5.74) is 2.33. The first-order valence-corrected chi connectivity index (χ1v) is 7.93. The van der Waals surface area contributed by atoms with Gasteiger partial charge in [0.15, 0.2) is 0 Å². The molecule has 6 nitrogen and oxygen atoms in total. The lowest BCUT2D eigenvalue weighted by Gasteiger charge is -2.09. The molecule has 0 aliphatic rings. The van der Waals surface area contributed by atoms with Gasteiger partial charge in [-0.25, -0.2) is 9.78 Å². The number of ether oxygens (including phenoxy) is 1. The molecule has 1 heterocycles. The number of benzene rings is 2. The van der Waals surface area contributed by atoms with Crippen LogP contribution in [0.3, 0.4) is 0 Å². The molecule has 1 amide bonds. The summed E-state index contributed by atoms with van der Waals surface area (Å²) in [6, 6.07) is 19.4. The Balaban J connectivity index is 1.66. The van der Waals surface area contributed by atoms with Gasteiger partial charge in [0.1, 0.15) is 5.82 Å². The van der Waals surface area contributed by atoms with Crippen molar-refractivity contribution in [1.82, 2.24) is 4.98 Å². The Kier molecular flexibility index (Phi) is 5.24. The summed E-state index contributed by atoms with van der Waals surface area (Å²) in [6.45, 7) is 0. The van der Waals surface area contributed by atoms with E-state index in [1.54, 1.807) is 48.7 Å². The van der Waals surface area contributed by atoms with E-state index in [4.69, 9.17) is 4.74 Å². The van der Waals surface area contributed by atoms with Gasteiger partial charge in [-0.2, -0.15) is 0 Å². The summed E-state index contributed by atoms with van der Waals surface area (Å²) in [7, 11) is 1.34. The molecule has 130 valence electrons. The quantitative estimate of drug-likeness (QED) is 0.685. The minimum Gasteiger partial charge on any atom is -0.465 e. The molecule has 2 aromatic carbocycles. The van der Waals surface area contributed by atoms with Gasteiger partial charge < -0.3 is 15.4 Å². The van der Waals surface area contributed by atoms with E-state index in [0.717, 1.165) is 0 Å². The third-order valence-corrected chi connectivity index (χ3v) is 3.61. The van der Waals surface area contributed by atoms with E-state index in [1.807, 2.05) is 24.3 Å². The van der Waals surface area contributed by atoms with Gasteiger partial charge in [0.2, 0.25) is 0 Å². The molecule has 2 N–H and O–H groups in total. The van der Waals surface area contributed by atoms with Crippen molar-refractivity contribution in [3.8, 4) is 0 Å². The van der Waals surface area contributed by atoms with Gasteiger partial charge in [0, 0.05) is 11.3 Å². The molecule has 0 bridgehead atoms. The van der Waals surface area contributed by atoms with E-state index in [9.17, 15) is 9.59 Å². The highest BCUT2D eigenvalue weighted by Crippen LogP contribution is 2.18. The molecule has 0 atom stereocenters. The van der Waals surface area contributed by atoms with Gasteiger partial charge in [-0.05, 0) is 42.5 Å². The van der Waals surface area contributed by atoms with Gasteiger partial charge in [0.05, 0.1) is 24.6 Å². The average Bonchev–Trinajstić information content (AvgIpc) is 2.69. The number of carbonyl (C=O) groups excluding carboxylic acids is 2. The molecular formula is C20H17N3O3. The maximum atomic E-state index is 12.1. The van der Waals surface area contributed by atoms with Gasteiger partial charge in [-0.15, -0.1) is 0 Å². The number of nitrogens with one attached hydrogen (secondary N) is 2. The maximum absolute atomic E-state index is 12.1. The number of esters is 1. The molecule has 0 saturated heterocycles. The number of anilines is 3. The van der Waals surface area contributed by atoms with Crippen LogP contribution in [0.1, 0.15) is 20.7 Å². The highest BCUT2D eigenvalue weighted by atomic mass is 16.5. The predicted molar refractivity (Wildman–Crippen MR) is 99.7 cm³/mol. The summed E-state index contributed by atoms with van der Waals surface area (Å²) in [5, 5.41) is 5.89. The Morgan fingerprint density at radius 3 is 2.35 bits per heavy atom. The summed E-state index contributed by atoms with van der Waals surface area (Å²) in [4.78, 5) is 28.0. The van der Waals surface area contributed by atoms with Gasteiger partial charge >= 0.3 is 5.97 Å². The number of hydrogen-bond donors (Lipinski definition) is 2. The number of aromatic nitrogens is 1. The van der Waals surface area contributed by atoms with Crippen molar-refractivity contribution in [2.24, 2.45) is 0 Å². The van der Waals surface area contributed by atoms with Gasteiger partial charge in [0.25, 0.3) is 5.91 Å². The smallest absolute Gasteiger partial charge is 0.337 e. The van der Waals surface area contributed by atoms with Crippen LogP contribution < -0.4 is 10.6 Å². The molecule has 0 unspecified atom stereocenters. The molecule has 6 heteroatoms. The molecule has 0 aliphatic carbocycles. The summed E-state index contributed by atoms with van der Waals surface area (Å²) < 4.78 is 4.71. The zero-order valence-electron chi connectivity index (χ0n) is 14.1. The van der Waals surface area contributed by atoms with E-state index >= 15 is 0 Å². The summed E-state index contributed by atoms with van der Waals surface area (Å²) in [5.74, 6) is -0.0100. The maximum Gasteiger partial charge on any atom is 0.337 e. The molecule has 0 radical (unpaired) electrons. The molecule has 0 spiro atoms. The lowest BCUT2D eigenvalue weighted by molar-refractivity contribution is 0.0600. The zero-order valence-corrected chi connectivity index (χ0v) is 14.1. The molecule has 0 aliphatic heterocycles. The highest BCUT2D eigenvalue weighted by Gasteiger charge is 2.07. The number of rotatable bonds is 5. The van der Waals surface area contributed by atoms with Crippen molar-refractivity contribution in [3.63, 3.8) is 0 Å². The fraction of sp³-hybridized carbons (Fsp3) is 0.0500. The van der Waals surface area contributed by atoms with Gasteiger partial charge in [-0.3, -0.25) is 4.79 Å². The second-order valence-electron chi connectivity index (χ2n) is 5.45. The number of pyridine rings is 1. The average molecular weight is 347 g/mol. The summed E-state index contributed by atoms with van der Waals surface area (Å²) >= 11 is 0. The molecule has 0 saturated carbocycles. The van der Waals surface area contributed by atoms with Crippen molar-refractivity contribution >= 4 is 29.1 Å². The Morgan fingerprint density at radius 2 is 1.65 bits per heavy atom. The number of nitrogens with zero attached hydrogens (tertiary/aromatic N) is 1. The van der Waals surface area contributed by atoms with Crippen LogP contribution in [0, 0.1) is 0 Å². The van der Waals surface area contributed by atoms with Crippen molar-refractivity contribution in [2.45, 2.75) is 0 Å². The molecule has 1 aromatic heterocycles. The van der Waals surface area contributed by atoms with E-state index in [1.165, 1.54) is 7.11 Å². The minimum absolute atomic E-state index is 0.195. The molecule has 3 rings (SSSR count). The molecule has 3 aromatic rings. The lowest BCUT2D eigenvalue weighted by Crippen LogP contribution is -2.11. The Labute approximate surface area is 150 Å². The van der Waals surface area contributed by atoms with E-state index in [2.05, 4.69) is 15.6 Å². The standard InChI is InChI=1S/C20H17N3O3/c1-26-20(25)15-8-5-9-16(12-15)22-18-11-10-17(13-21-18)23-19(24)14-6-3-2-4-7-14/h2-13H,1H3,(H,21,22)(H,23,24). The van der Waals surface area contributed by atoms with Crippen molar-refractivity contribution in [2.75, 3.05) is 17.7 Å². The van der Waals surface area contributed by atoms with Crippen molar-refractivity contribution in [3.05, 3.63) is 84.1 Å². The monoisotopic (exact) mass is 347 g/mol. The first-order chi connectivity index (χ1) is 12.7. The van der Waals surface area contributed by atoms with Crippen LogP contribution >= 0.6 is 0 Å². The van der Waals surface area contributed by atoms with Crippen LogP contribution in [0.5, 0.6) is 0 Å². The number of amides is 1. The first-order valence-electron chi connectivity index (χ1n) is 7.93. The van der Waals surface area contributed by atoms with Crippen molar-refractivity contribution < 1.29 is 14.3 Å². The van der Waals surface area contributed by atoms with Crippen LogP contribution in [0.15, 0.2) is 72.9 Å². The Bertz CT molecular complexity index is 909. The molecule has 26 heavy (non-hydrogen) atoms. The normalized spacial score (nSPS) is 10.0. The number of methoxy groups -OCH3 is 1. The molecular weight excluding hydrogens is 330 g/mol. The third kappa shape index (κ3) is 4.24. The highest BCUT2D eigenvalue weighted by molar-refractivity contribution is 6.04. The number of carbonyl (C=O) groups is 2. The predicted octanol–water partition coefficient (Wildman–Crippen LogP) is 3.86. The van der Waals surface area contributed by atoms with Gasteiger partial charge in [-0.1, -0.05) is 24.3 Å². The molecule has 0 fully saturated rings. The van der Waals surface area contributed by atoms with Crippen LogP contribution in [-0.2, 0) is 4.74 Å². The second kappa shape index (κ2) is 7.94. The fourth-order valence-electron chi connectivity index (χ4n) is 2.32. The van der Waals surface area contributed by atoms with E-state index in [-0.39, 0.29) is 5.91 Å². The SMILES string of the molecule is COC(=O)c1cccc(Nc2ccc(NC(=O)c3ccccc3)cn2)c1. The lowest BCUT2D eigenvalue weighted by atomic mass is 10.2. The third-order valence-electron chi connectivity index (χ3n) is 3.61.